The topological polar surface area (TPSA) is 47.8 Å². The normalized spacial score (nSPS) is 10.8. The maximum absolute atomic E-state index is 12.2. The van der Waals surface area contributed by atoms with Crippen molar-refractivity contribution in [2.45, 2.75) is 13.5 Å². The van der Waals surface area contributed by atoms with Crippen LogP contribution >= 0.6 is 0 Å². The zero-order valence-corrected chi connectivity index (χ0v) is 10.6. The minimum absolute atomic E-state index is 0.0502. The van der Waals surface area contributed by atoms with Crippen molar-refractivity contribution in [3.05, 3.63) is 59.1 Å². The number of aryl methyl sites for hydroxylation is 1. The van der Waals surface area contributed by atoms with Crippen LogP contribution in [-0.2, 0) is 6.54 Å². The lowest BCUT2D eigenvalue weighted by Gasteiger charge is -2.09. The van der Waals surface area contributed by atoms with Crippen molar-refractivity contribution in [2.75, 3.05) is 0 Å². The van der Waals surface area contributed by atoms with Crippen LogP contribution in [0.2, 0.25) is 0 Å². The second kappa shape index (κ2) is 4.65. The third kappa shape index (κ3) is 1.91. The Kier molecular flexibility index (Phi) is 2.83. The van der Waals surface area contributed by atoms with Gasteiger partial charge in [0.05, 0.1) is 5.39 Å². The van der Waals surface area contributed by atoms with Crippen LogP contribution < -0.4 is 5.56 Å². The summed E-state index contributed by atoms with van der Waals surface area (Å²) in [5.74, 6) is 0. The zero-order chi connectivity index (χ0) is 13.2. The number of benzene rings is 1. The SMILES string of the molecule is CCn1nc(-c2cccnc2)c2ccccc2c1=O. The summed E-state index contributed by atoms with van der Waals surface area (Å²) in [7, 11) is 0. The van der Waals surface area contributed by atoms with Gasteiger partial charge < -0.3 is 0 Å². The first-order valence-electron chi connectivity index (χ1n) is 6.21. The summed E-state index contributed by atoms with van der Waals surface area (Å²) in [4.78, 5) is 16.3. The summed E-state index contributed by atoms with van der Waals surface area (Å²) in [5.41, 5.74) is 1.66. The van der Waals surface area contributed by atoms with E-state index < -0.39 is 0 Å². The fraction of sp³-hybridized carbons (Fsp3) is 0.133. The molecule has 3 aromatic rings. The van der Waals surface area contributed by atoms with Gasteiger partial charge in [0, 0.05) is 29.9 Å². The van der Waals surface area contributed by atoms with Gasteiger partial charge in [-0.25, -0.2) is 4.68 Å². The molecule has 0 fully saturated rings. The molecule has 19 heavy (non-hydrogen) atoms. The van der Waals surface area contributed by atoms with Gasteiger partial charge in [0.1, 0.15) is 5.69 Å². The molecule has 3 rings (SSSR count). The predicted molar refractivity (Wildman–Crippen MR) is 74.9 cm³/mol. The minimum atomic E-state index is -0.0502. The van der Waals surface area contributed by atoms with E-state index in [0.717, 1.165) is 16.6 Å². The summed E-state index contributed by atoms with van der Waals surface area (Å²) in [6.45, 7) is 2.47. The Bertz CT molecular complexity index is 778. The van der Waals surface area contributed by atoms with E-state index in [1.54, 1.807) is 12.4 Å². The number of rotatable bonds is 2. The van der Waals surface area contributed by atoms with E-state index in [1.807, 2.05) is 43.3 Å². The van der Waals surface area contributed by atoms with Crippen LogP contribution in [0.4, 0.5) is 0 Å². The van der Waals surface area contributed by atoms with Crippen LogP contribution in [0.15, 0.2) is 53.6 Å². The standard InChI is InChI=1S/C15H13N3O/c1-2-18-15(19)13-8-4-3-7-12(13)14(17-18)11-6-5-9-16-10-11/h3-10H,2H2,1H3. The molecule has 0 saturated carbocycles. The minimum Gasteiger partial charge on any atom is -0.267 e. The molecule has 0 unspecified atom stereocenters. The lowest BCUT2D eigenvalue weighted by atomic mass is 10.1. The number of hydrogen-bond acceptors (Lipinski definition) is 3. The van der Waals surface area contributed by atoms with Crippen molar-refractivity contribution in [1.29, 1.82) is 0 Å². The van der Waals surface area contributed by atoms with Crippen molar-refractivity contribution in [2.24, 2.45) is 0 Å². The molecule has 0 amide bonds. The Hall–Kier alpha value is -2.49. The summed E-state index contributed by atoms with van der Waals surface area (Å²) in [6.07, 6.45) is 3.49. The highest BCUT2D eigenvalue weighted by molar-refractivity contribution is 5.93. The van der Waals surface area contributed by atoms with Gasteiger partial charge in [-0.3, -0.25) is 9.78 Å². The van der Waals surface area contributed by atoms with Gasteiger partial charge in [-0.1, -0.05) is 18.2 Å². The van der Waals surface area contributed by atoms with E-state index in [4.69, 9.17) is 0 Å². The maximum atomic E-state index is 12.2. The fourth-order valence-corrected chi connectivity index (χ4v) is 2.17. The highest BCUT2D eigenvalue weighted by atomic mass is 16.1. The highest BCUT2D eigenvalue weighted by Crippen LogP contribution is 2.23. The number of fused-ring (bicyclic) bond motifs is 1. The van der Waals surface area contributed by atoms with Crippen LogP contribution in [0, 0.1) is 0 Å². The molecule has 0 bridgehead atoms. The van der Waals surface area contributed by atoms with Gasteiger partial charge in [0.15, 0.2) is 0 Å². The summed E-state index contributed by atoms with van der Waals surface area (Å²) >= 11 is 0. The Labute approximate surface area is 110 Å². The van der Waals surface area contributed by atoms with Crippen LogP contribution in [0.25, 0.3) is 22.0 Å². The largest absolute Gasteiger partial charge is 0.274 e. The summed E-state index contributed by atoms with van der Waals surface area (Å²) in [5, 5.41) is 6.01. The van der Waals surface area contributed by atoms with E-state index in [2.05, 4.69) is 10.1 Å². The first-order chi connectivity index (χ1) is 9.31. The first-order valence-corrected chi connectivity index (χ1v) is 6.21. The zero-order valence-electron chi connectivity index (χ0n) is 10.6. The molecule has 2 heterocycles. The molecule has 0 aliphatic carbocycles. The third-order valence-electron chi connectivity index (χ3n) is 3.10. The average molecular weight is 251 g/mol. The fourth-order valence-electron chi connectivity index (χ4n) is 2.17. The number of nitrogens with zero attached hydrogens (tertiary/aromatic N) is 3. The molecular weight excluding hydrogens is 238 g/mol. The second-order valence-electron chi connectivity index (χ2n) is 4.26. The van der Waals surface area contributed by atoms with E-state index in [-0.39, 0.29) is 5.56 Å². The van der Waals surface area contributed by atoms with Gasteiger partial charge >= 0.3 is 0 Å². The molecule has 0 aliphatic heterocycles. The van der Waals surface area contributed by atoms with Crippen molar-refractivity contribution in [3.63, 3.8) is 0 Å². The molecule has 2 aromatic heterocycles. The molecule has 0 radical (unpaired) electrons. The Morgan fingerprint density at radius 3 is 2.58 bits per heavy atom. The van der Waals surface area contributed by atoms with Crippen molar-refractivity contribution < 1.29 is 0 Å². The van der Waals surface area contributed by atoms with Gasteiger partial charge in [-0.05, 0) is 25.1 Å². The monoisotopic (exact) mass is 251 g/mol. The molecule has 1 aromatic carbocycles. The molecular formula is C15H13N3O. The average Bonchev–Trinajstić information content (AvgIpc) is 2.49. The van der Waals surface area contributed by atoms with Crippen LogP contribution in [-0.4, -0.2) is 14.8 Å². The molecule has 4 nitrogen and oxygen atoms in total. The van der Waals surface area contributed by atoms with Crippen LogP contribution in [0.3, 0.4) is 0 Å². The summed E-state index contributed by atoms with van der Waals surface area (Å²) in [6, 6.07) is 11.4. The lowest BCUT2D eigenvalue weighted by molar-refractivity contribution is 0.626. The molecule has 4 heteroatoms. The van der Waals surface area contributed by atoms with Gasteiger partial charge in [0.2, 0.25) is 0 Å². The molecule has 0 spiro atoms. The molecule has 0 aliphatic rings. The molecule has 0 saturated heterocycles. The van der Waals surface area contributed by atoms with Gasteiger partial charge in [0.25, 0.3) is 5.56 Å². The Morgan fingerprint density at radius 1 is 1.11 bits per heavy atom. The summed E-state index contributed by atoms with van der Waals surface area (Å²) < 4.78 is 1.49. The number of aromatic nitrogens is 3. The first kappa shape index (κ1) is 11.6. The number of hydrogen-bond donors (Lipinski definition) is 0. The highest BCUT2D eigenvalue weighted by Gasteiger charge is 2.10. The van der Waals surface area contributed by atoms with Crippen molar-refractivity contribution >= 4 is 10.8 Å². The van der Waals surface area contributed by atoms with E-state index in [9.17, 15) is 4.79 Å². The quantitative estimate of drug-likeness (QED) is 0.703. The molecule has 94 valence electrons. The smallest absolute Gasteiger partial charge is 0.267 e. The number of pyridine rings is 1. The molecule has 0 atom stereocenters. The maximum Gasteiger partial charge on any atom is 0.274 e. The predicted octanol–water partition coefficient (Wildman–Crippen LogP) is 2.48. The van der Waals surface area contributed by atoms with E-state index in [1.165, 1.54) is 4.68 Å². The van der Waals surface area contributed by atoms with E-state index in [0.29, 0.717) is 11.9 Å². The Balaban J connectivity index is 2.42. The Morgan fingerprint density at radius 2 is 1.89 bits per heavy atom. The second-order valence-corrected chi connectivity index (χ2v) is 4.26. The van der Waals surface area contributed by atoms with Gasteiger partial charge in [-0.2, -0.15) is 5.10 Å². The lowest BCUT2D eigenvalue weighted by Crippen LogP contribution is -2.22. The van der Waals surface area contributed by atoms with Gasteiger partial charge in [-0.15, -0.1) is 0 Å². The third-order valence-corrected chi connectivity index (χ3v) is 3.10. The van der Waals surface area contributed by atoms with Crippen molar-refractivity contribution in [1.82, 2.24) is 14.8 Å². The van der Waals surface area contributed by atoms with Crippen molar-refractivity contribution in [3.8, 4) is 11.3 Å². The van der Waals surface area contributed by atoms with Crippen LogP contribution in [0.5, 0.6) is 0 Å². The molecule has 0 N–H and O–H groups in total. The van der Waals surface area contributed by atoms with E-state index >= 15 is 0 Å². The van der Waals surface area contributed by atoms with Crippen LogP contribution in [0.1, 0.15) is 6.92 Å².